The highest BCUT2D eigenvalue weighted by Gasteiger charge is 2.23. The maximum Gasteiger partial charge on any atom is 0.212 e. The summed E-state index contributed by atoms with van der Waals surface area (Å²) in [4.78, 5) is 27.8. The van der Waals surface area contributed by atoms with Gasteiger partial charge >= 0.3 is 0 Å². The number of rotatable bonds is 14. The van der Waals surface area contributed by atoms with Crippen molar-refractivity contribution in [1.29, 1.82) is 5.26 Å². The number of allylic oxidation sites excluding steroid dienone is 1. The summed E-state index contributed by atoms with van der Waals surface area (Å²) in [5.41, 5.74) is 20.0. The summed E-state index contributed by atoms with van der Waals surface area (Å²) >= 11 is 0. The Hall–Kier alpha value is -13.3. The van der Waals surface area contributed by atoms with E-state index in [9.17, 15) is 5.26 Å². The van der Waals surface area contributed by atoms with E-state index < -0.39 is 0 Å². The van der Waals surface area contributed by atoms with Gasteiger partial charge in [0, 0.05) is 90.9 Å². The fraction of sp³-hybridized carbons (Fsp3) is 0. The van der Waals surface area contributed by atoms with E-state index in [1.54, 1.807) is 0 Å². The molecule has 0 amide bonds. The van der Waals surface area contributed by atoms with Crippen molar-refractivity contribution in [2.75, 3.05) is 20.4 Å². The molecule has 0 atom stereocenters. The highest BCUT2D eigenvalue weighted by atomic mass is 15.1. The van der Waals surface area contributed by atoms with Gasteiger partial charge < -0.3 is 20.4 Å². The van der Waals surface area contributed by atoms with E-state index in [0.717, 1.165) is 113 Å². The van der Waals surface area contributed by atoms with Crippen LogP contribution in [0.1, 0.15) is 22.3 Å². The van der Waals surface area contributed by atoms with Gasteiger partial charge in [-0.05, 0) is 164 Å². The van der Waals surface area contributed by atoms with E-state index in [1.807, 2.05) is 109 Å². The predicted octanol–water partition coefficient (Wildman–Crippen LogP) is 21.7. The molecular weight excluding hydrogens is 1150 g/mol. The minimum atomic E-state index is 0.259. The molecule has 0 fully saturated rings. The number of anilines is 8. The summed E-state index contributed by atoms with van der Waals surface area (Å²) in [5.74, 6) is 2.81. The van der Waals surface area contributed by atoms with Gasteiger partial charge in [0.05, 0.1) is 18.2 Å². The number of hydrogen-bond acceptors (Lipinski definition) is 7. The lowest BCUT2D eigenvalue weighted by Gasteiger charge is -2.26. The van der Waals surface area contributed by atoms with Gasteiger partial charge in [0.2, 0.25) is 5.70 Å². The van der Waals surface area contributed by atoms with Crippen LogP contribution in [0.15, 0.2) is 326 Å². The number of aromatic nitrogens is 2. The standard InChI is InChI=1S/C84H54N10/c1-86-82(64-34-48-72(49-35-64)94(68-40-26-58(27-41-68)56-14-6-3-7-15-56)70-44-30-60(31-45-70)66-37-51-79(88-54-66)92-84-74-21-9-17-63-19-11-23-77(90-84)81(63)74)75(52-85)61-32-46-71(47-33-61)93(67-38-24-57(25-39-67)55-12-4-2-5-13-55)69-42-28-59(29-43-69)65-36-50-78(87-53-65)91-83-73-20-8-16-62-18-10-22-76(89-83)80(62)73/h2-51,53-54H,(H,87,89,91)(H,88,90,92)/b82-75-. The summed E-state index contributed by atoms with van der Waals surface area (Å²) in [7, 11) is 0. The van der Waals surface area contributed by atoms with Crippen molar-refractivity contribution in [2.45, 2.75) is 0 Å². The number of benzene rings is 12. The van der Waals surface area contributed by atoms with Crippen LogP contribution in [-0.2, 0) is 0 Å². The quantitative estimate of drug-likeness (QED) is 0.0634. The van der Waals surface area contributed by atoms with E-state index in [2.05, 4.69) is 238 Å². The minimum absolute atomic E-state index is 0.259. The van der Waals surface area contributed by atoms with E-state index in [1.165, 1.54) is 21.5 Å². The third-order valence-electron chi connectivity index (χ3n) is 17.4. The van der Waals surface area contributed by atoms with Gasteiger partial charge in [0.1, 0.15) is 11.7 Å². The molecule has 0 spiro atoms. The van der Waals surface area contributed by atoms with Crippen LogP contribution in [0.4, 0.5) is 57.1 Å². The second-order valence-corrected chi connectivity index (χ2v) is 23.0. The van der Waals surface area contributed by atoms with Gasteiger partial charge in [-0.15, -0.1) is 0 Å². The first-order chi connectivity index (χ1) is 46.5. The number of pyridine rings is 2. The lowest BCUT2D eigenvalue weighted by Crippen LogP contribution is -2.10. The molecule has 2 N–H and O–H groups in total. The second kappa shape index (κ2) is 24.3. The second-order valence-electron chi connectivity index (χ2n) is 23.0. The Morgan fingerprint density at radius 2 is 0.681 bits per heavy atom. The molecule has 2 aromatic heterocycles. The molecule has 2 aliphatic rings. The van der Waals surface area contributed by atoms with E-state index in [4.69, 9.17) is 26.5 Å². The van der Waals surface area contributed by atoms with E-state index in [-0.39, 0.29) is 11.3 Å². The van der Waals surface area contributed by atoms with Crippen LogP contribution in [0.5, 0.6) is 0 Å². The van der Waals surface area contributed by atoms with Crippen molar-refractivity contribution >= 4 is 102 Å². The Bertz CT molecular complexity index is 5020. The molecule has 440 valence electrons. The zero-order valence-corrected chi connectivity index (χ0v) is 50.6. The molecule has 94 heavy (non-hydrogen) atoms. The zero-order chi connectivity index (χ0) is 62.9. The Morgan fingerprint density at radius 1 is 0.351 bits per heavy atom. The highest BCUT2D eigenvalue weighted by molar-refractivity contribution is 6.27. The maximum atomic E-state index is 10.9. The molecule has 16 rings (SSSR count). The lowest BCUT2D eigenvalue weighted by atomic mass is 9.99. The van der Waals surface area contributed by atoms with Crippen LogP contribution in [0.3, 0.4) is 0 Å². The molecule has 14 aromatic rings. The first-order valence-electron chi connectivity index (χ1n) is 31.0. The van der Waals surface area contributed by atoms with E-state index in [0.29, 0.717) is 22.8 Å². The molecule has 0 aliphatic carbocycles. The van der Waals surface area contributed by atoms with Crippen molar-refractivity contribution in [3.05, 3.63) is 349 Å². The third-order valence-corrected chi connectivity index (χ3v) is 17.4. The van der Waals surface area contributed by atoms with Gasteiger partial charge in [-0.3, -0.25) is 0 Å². The SMILES string of the molecule is [C-]#[N+]/C(=C(/C#N)c1ccc(N(c2ccc(-c3ccccc3)cc2)c2ccc(-c3ccc(N=C4Nc5cccc6cccc4c56)nc3)cc2)cc1)c1ccc(N(c2ccc(-c3ccccc3)cc2)c2ccc(-c3ccc(N=C4Nc5cccc6cccc4c56)nc3)cc2)cc1. The number of hydrogen-bond donors (Lipinski definition) is 2. The van der Waals surface area contributed by atoms with Crippen LogP contribution in [0, 0.1) is 17.9 Å². The van der Waals surface area contributed by atoms with Gasteiger partial charge in [-0.2, -0.15) is 5.26 Å². The summed E-state index contributed by atoms with van der Waals surface area (Å²) in [6, 6.07) is 106. The number of nitrogens with zero attached hydrogens (tertiary/aromatic N) is 8. The molecule has 12 aromatic carbocycles. The molecule has 0 saturated heterocycles. The van der Waals surface area contributed by atoms with Crippen molar-refractivity contribution in [2.24, 2.45) is 9.98 Å². The smallest absolute Gasteiger partial charge is 0.212 e. The molecule has 0 unspecified atom stereocenters. The molecule has 10 nitrogen and oxygen atoms in total. The Kier molecular flexibility index (Phi) is 14.4. The van der Waals surface area contributed by atoms with Crippen LogP contribution < -0.4 is 20.4 Å². The Labute approximate surface area is 544 Å². The average molecular weight is 1200 g/mol. The molecule has 2 aliphatic heterocycles. The molecule has 4 heterocycles. The monoisotopic (exact) mass is 1200 g/mol. The lowest BCUT2D eigenvalue weighted by molar-refractivity contribution is 1.27. The van der Waals surface area contributed by atoms with Crippen LogP contribution in [-0.4, -0.2) is 21.6 Å². The van der Waals surface area contributed by atoms with Gasteiger partial charge in [0.15, 0.2) is 11.6 Å². The first-order valence-corrected chi connectivity index (χ1v) is 31.0. The van der Waals surface area contributed by atoms with Gasteiger partial charge in [-0.25, -0.2) is 24.8 Å². The van der Waals surface area contributed by atoms with Crippen molar-refractivity contribution in [1.82, 2.24) is 9.97 Å². The molecule has 0 bridgehead atoms. The minimum Gasteiger partial charge on any atom is -0.339 e. The number of nitriles is 1. The molecule has 0 saturated carbocycles. The van der Waals surface area contributed by atoms with Gasteiger partial charge in [0.25, 0.3) is 0 Å². The fourth-order valence-electron chi connectivity index (χ4n) is 12.8. The molecule has 0 radical (unpaired) electrons. The Morgan fingerprint density at radius 3 is 1.03 bits per heavy atom. The van der Waals surface area contributed by atoms with Crippen molar-refractivity contribution in [3.63, 3.8) is 0 Å². The molecular formula is C84H54N10. The zero-order valence-electron chi connectivity index (χ0n) is 50.6. The summed E-state index contributed by atoms with van der Waals surface area (Å²) in [6.07, 6.45) is 3.74. The highest BCUT2D eigenvalue weighted by Crippen LogP contribution is 2.42. The first kappa shape index (κ1) is 56.0. The summed E-state index contributed by atoms with van der Waals surface area (Å²) < 4.78 is 0. The normalized spacial score (nSPS) is 13.0. The van der Waals surface area contributed by atoms with Crippen molar-refractivity contribution < 1.29 is 0 Å². The van der Waals surface area contributed by atoms with Crippen molar-refractivity contribution in [3.8, 4) is 50.6 Å². The summed E-state index contributed by atoms with van der Waals surface area (Å²) in [6.45, 7) is 8.54. The third kappa shape index (κ3) is 10.7. The van der Waals surface area contributed by atoms with Crippen LogP contribution in [0.25, 0.3) is 82.2 Å². The largest absolute Gasteiger partial charge is 0.339 e. The number of nitrogens with one attached hydrogen (secondary N) is 2. The number of amidine groups is 2. The van der Waals surface area contributed by atoms with Gasteiger partial charge in [-0.1, -0.05) is 194 Å². The average Bonchev–Trinajstić information content (AvgIpc) is 1.62. The fourth-order valence-corrected chi connectivity index (χ4v) is 12.8. The number of aliphatic imine (C=N–C) groups is 2. The topological polar surface area (TPSA) is 109 Å². The van der Waals surface area contributed by atoms with Crippen LogP contribution >= 0.6 is 0 Å². The van der Waals surface area contributed by atoms with Crippen LogP contribution in [0.2, 0.25) is 0 Å². The predicted molar refractivity (Wildman–Crippen MR) is 386 cm³/mol. The Balaban J connectivity index is 0.676. The maximum absolute atomic E-state index is 10.9. The molecule has 10 heteroatoms. The van der Waals surface area contributed by atoms with E-state index >= 15 is 0 Å². The summed E-state index contributed by atoms with van der Waals surface area (Å²) in [5, 5.41) is 22.6.